The summed E-state index contributed by atoms with van der Waals surface area (Å²) in [5, 5.41) is 14.2. The molecule has 0 saturated heterocycles. The molecule has 1 aliphatic carbocycles. The van der Waals surface area contributed by atoms with E-state index in [0.717, 1.165) is 60.8 Å². The summed E-state index contributed by atoms with van der Waals surface area (Å²) in [7, 11) is 1.93. The van der Waals surface area contributed by atoms with Crippen molar-refractivity contribution in [3.05, 3.63) is 61.7 Å². The number of nitrogens with one attached hydrogen (secondary N) is 1. The number of benzene rings is 1. The zero-order chi connectivity index (χ0) is 26.9. The van der Waals surface area contributed by atoms with E-state index in [1.54, 1.807) is 17.6 Å². The maximum Gasteiger partial charge on any atom is 0.340 e. The van der Waals surface area contributed by atoms with Gasteiger partial charge >= 0.3 is 5.97 Å². The molecule has 0 fully saturated rings. The quantitative estimate of drug-likeness (QED) is 0.286. The summed E-state index contributed by atoms with van der Waals surface area (Å²) in [5.41, 5.74) is 11.0. The molecule has 3 aliphatic rings. The van der Waals surface area contributed by atoms with Gasteiger partial charge in [-0.2, -0.15) is 0 Å². The number of hydrogen-bond acceptors (Lipinski definition) is 7. The normalized spacial score (nSPS) is 16.5. The van der Waals surface area contributed by atoms with Crippen molar-refractivity contribution in [1.82, 2.24) is 14.9 Å². The van der Waals surface area contributed by atoms with E-state index in [1.165, 1.54) is 6.07 Å². The third-order valence-corrected chi connectivity index (χ3v) is 7.17. The Morgan fingerprint density at radius 3 is 2.59 bits per heavy atom. The van der Waals surface area contributed by atoms with Gasteiger partial charge in [-0.15, -0.1) is 0 Å². The van der Waals surface area contributed by atoms with E-state index in [1.807, 2.05) is 20.9 Å². The van der Waals surface area contributed by atoms with Crippen molar-refractivity contribution in [2.24, 2.45) is 5.73 Å². The second kappa shape index (κ2) is 11.1. The number of hydrogen-bond donors (Lipinski definition) is 3. The molecule has 2 aromatic heterocycles. The Morgan fingerprint density at radius 1 is 1.19 bits per heavy atom. The fourth-order valence-corrected chi connectivity index (χ4v) is 5.34. The minimum Gasteiger partial charge on any atom is -0.458 e. The highest BCUT2D eigenvalue weighted by Crippen LogP contribution is 2.41. The summed E-state index contributed by atoms with van der Waals surface area (Å²) in [5.74, 6) is -1.03. The second-order valence-corrected chi connectivity index (χ2v) is 9.24. The molecule has 37 heavy (non-hydrogen) atoms. The first-order valence-electron chi connectivity index (χ1n) is 13.0. The zero-order valence-corrected chi connectivity index (χ0v) is 21.9. The van der Waals surface area contributed by atoms with Crippen molar-refractivity contribution < 1.29 is 19.0 Å². The third kappa shape index (κ3) is 4.56. The van der Waals surface area contributed by atoms with E-state index >= 15 is 0 Å². The summed E-state index contributed by atoms with van der Waals surface area (Å²) in [6, 6.07) is 3.13. The number of fused-ring (bicyclic) bond motifs is 5. The van der Waals surface area contributed by atoms with Gasteiger partial charge in [0, 0.05) is 22.6 Å². The summed E-state index contributed by atoms with van der Waals surface area (Å²) < 4.78 is 21.1. The molecule has 2 aliphatic heterocycles. The molecule has 0 amide bonds. The lowest BCUT2D eigenvalue weighted by Crippen LogP contribution is -2.32. The Kier molecular flexibility index (Phi) is 8.06. The van der Waals surface area contributed by atoms with Gasteiger partial charge in [-0.3, -0.25) is 4.79 Å². The number of nitrogens with zero attached hydrogens (tertiary/aromatic N) is 2. The molecule has 0 spiro atoms. The summed E-state index contributed by atoms with van der Waals surface area (Å²) in [6.07, 6.45) is 2.20. The van der Waals surface area contributed by atoms with Crippen molar-refractivity contribution in [3.8, 4) is 11.4 Å². The van der Waals surface area contributed by atoms with E-state index in [0.29, 0.717) is 34.6 Å². The number of aliphatic hydroxyl groups excluding tert-OH is 1. The lowest BCUT2D eigenvalue weighted by atomic mass is 9.85. The molecule has 1 aromatic carbocycles. The first kappa shape index (κ1) is 26.9. The number of ether oxygens (including phenoxy) is 1. The smallest absolute Gasteiger partial charge is 0.340 e. The van der Waals surface area contributed by atoms with Gasteiger partial charge in [0.25, 0.3) is 5.56 Å². The predicted molar refractivity (Wildman–Crippen MR) is 141 cm³/mol. The highest BCUT2D eigenvalue weighted by Gasteiger charge is 2.35. The van der Waals surface area contributed by atoms with Gasteiger partial charge in [-0.05, 0) is 75.5 Å². The molecule has 0 radical (unpaired) electrons. The summed E-state index contributed by atoms with van der Waals surface area (Å²) >= 11 is 0. The average molecular weight is 511 g/mol. The number of aromatic nitrogens is 2. The Hall–Kier alpha value is -3.14. The molecule has 9 heteroatoms. The van der Waals surface area contributed by atoms with Crippen molar-refractivity contribution in [2.45, 2.75) is 65.7 Å². The fraction of sp³-hybridized carbons (Fsp3) is 0.464. The average Bonchev–Trinajstić information content (AvgIpc) is 3.29. The van der Waals surface area contributed by atoms with E-state index in [4.69, 9.17) is 15.5 Å². The molecule has 8 nitrogen and oxygen atoms in total. The molecule has 6 rings (SSSR count). The topological polar surface area (TPSA) is 119 Å². The zero-order valence-electron chi connectivity index (χ0n) is 21.9. The SMILES string of the molecule is CC.CNCCCN.Cc1c(F)cc2nc3c(c4c2c1CCC4)Cn1c-3cc2c(c1=O)COC(=O)C2O. The van der Waals surface area contributed by atoms with E-state index < -0.39 is 12.1 Å². The molecule has 4 N–H and O–H groups in total. The molecule has 4 heterocycles. The Morgan fingerprint density at radius 2 is 1.92 bits per heavy atom. The Balaban J connectivity index is 0.000000355. The minimum atomic E-state index is -1.48. The van der Waals surface area contributed by atoms with Gasteiger partial charge in [0.15, 0.2) is 6.10 Å². The first-order chi connectivity index (χ1) is 17.9. The molecule has 1 atom stereocenters. The van der Waals surface area contributed by atoms with Crippen molar-refractivity contribution in [1.29, 1.82) is 0 Å². The van der Waals surface area contributed by atoms with Gasteiger partial charge in [0.2, 0.25) is 0 Å². The lowest BCUT2D eigenvalue weighted by Gasteiger charge is -2.22. The molecule has 198 valence electrons. The van der Waals surface area contributed by atoms with Crippen LogP contribution in [0.25, 0.3) is 22.3 Å². The van der Waals surface area contributed by atoms with Crippen LogP contribution in [0, 0.1) is 12.7 Å². The Labute approximate surface area is 215 Å². The number of esters is 1. The molecule has 3 aromatic rings. The van der Waals surface area contributed by atoms with Crippen molar-refractivity contribution >= 4 is 16.9 Å². The number of aliphatic hydroxyl groups is 1. The number of aryl methyl sites for hydroxylation is 2. The number of pyridine rings is 2. The first-order valence-corrected chi connectivity index (χ1v) is 13.0. The predicted octanol–water partition coefficient (Wildman–Crippen LogP) is 3.03. The van der Waals surface area contributed by atoms with Crippen LogP contribution >= 0.6 is 0 Å². The van der Waals surface area contributed by atoms with Crippen LogP contribution in [0.1, 0.15) is 66.2 Å². The summed E-state index contributed by atoms with van der Waals surface area (Å²) in [6.45, 7) is 7.88. The van der Waals surface area contributed by atoms with Crippen LogP contribution in [-0.4, -0.2) is 40.8 Å². The van der Waals surface area contributed by atoms with Crippen LogP contribution in [0.3, 0.4) is 0 Å². The highest BCUT2D eigenvalue weighted by atomic mass is 19.1. The fourth-order valence-electron chi connectivity index (χ4n) is 5.34. The highest BCUT2D eigenvalue weighted by molar-refractivity contribution is 5.92. The largest absolute Gasteiger partial charge is 0.458 e. The van der Waals surface area contributed by atoms with Crippen molar-refractivity contribution in [3.63, 3.8) is 0 Å². The minimum absolute atomic E-state index is 0.141. The maximum atomic E-state index is 14.5. The summed E-state index contributed by atoms with van der Waals surface area (Å²) in [4.78, 5) is 29.6. The van der Waals surface area contributed by atoms with Crippen LogP contribution in [0.5, 0.6) is 0 Å². The maximum absolute atomic E-state index is 14.5. The van der Waals surface area contributed by atoms with Crippen LogP contribution < -0.4 is 16.6 Å². The number of rotatable bonds is 3. The van der Waals surface area contributed by atoms with Crippen LogP contribution in [0.15, 0.2) is 16.9 Å². The number of carbonyl (C=O) groups excluding carboxylic acids is 1. The molecule has 1 unspecified atom stereocenters. The van der Waals surface area contributed by atoms with Gasteiger partial charge in [0.05, 0.1) is 29.0 Å². The lowest BCUT2D eigenvalue weighted by molar-refractivity contribution is -0.157. The number of halogens is 1. The third-order valence-electron chi connectivity index (χ3n) is 7.17. The molecular weight excluding hydrogens is 475 g/mol. The van der Waals surface area contributed by atoms with Gasteiger partial charge < -0.3 is 25.5 Å². The number of cyclic esters (lactones) is 1. The molecular formula is C28H35FN4O4. The Bertz CT molecular complexity index is 1410. The standard InChI is InChI=1S/C22H17FN2O4.C4H12N2.C2H6/c1-9-10-3-2-4-11-13-7-25-17(19(13)24-16(18(10)11)6-15(9)23)5-12-14(21(25)27)8-29-22(28)20(12)26;1-6-4-2-3-5;1-2/h5-6,20,26H,2-4,7-8H2,1H3;6H,2-5H2,1H3;1-2H3. The molecule has 0 bridgehead atoms. The van der Waals surface area contributed by atoms with Gasteiger partial charge in [-0.1, -0.05) is 13.8 Å². The van der Waals surface area contributed by atoms with Gasteiger partial charge in [-0.25, -0.2) is 14.2 Å². The van der Waals surface area contributed by atoms with E-state index in [9.17, 15) is 19.1 Å². The van der Waals surface area contributed by atoms with Crippen LogP contribution in [0.4, 0.5) is 4.39 Å². The number of carbonyl (C=O) groups is 1. The van der Waals surface area contributed by atoms with E-state index in [2.05, 4.69) is 5.32 Å². The molecule has 0 saturated carbocycles. The van der Waals surface area contributed by atoms with Crippen LogP contribution in [0.2, 0.25) is 0 Å². The number of nitrogens with two attached hydrogens (primary N) is 1. The van der Waals surface area contributed by atoms with Gasteiger partial charge in [0.1, 0.15) is 12.4 Å². The van der Waals surface area contributed by atoms with Crippen LogP contribution in [-0.2, 0) is 35.5 Å². The monoisotopic (exact) mass is 510 g/mol. The second-order valence-electron chi connectivity index (χ2n) is 9.24. The van der Waals surface area contributed by atoms with E-state index in [-0.39, 0.29) is 23.5 Å². The van der Waals surface area contributed by atoms with Crippen molar-refractivity contribution in [2.75, 3.05) is 20.1 Å².